The van der Waals surface area contributed by atoms with Gasteiger partial charge in [0.2, 0.25) is 0 Å². The van der Waals surface area contributed by atoms with Crippen molar-refractivity contribution in [2.75, 3.05) is 10.6 Å². The zero-order chi connectivity index (χ0) is 18.6. The molecule has 1 aromatic heterocycles. The van der Waals surface area contributed by atoms with Crippen LogP contribution in [-0.2, 0) is 5.41 Å². The molecule has 0 aliphatic heterocycles. The standard InChI is InChI=1S/C21H28N4O/c1-21(2,3)16-11-7-8-12-17(16)25-20(26)18-13-19(23-14-22-18)24-15-9-5-4-6-10-15/h7-8,11-15H,4-6,9-10H2,1-3H3,(H,25,26)(H,22,23,24). The largest absolute Gasteiger partial charge is 0.367 e. The quantitative estimate of drug-likeness (QED) is 0.832. The number of amides is 1. The molecule has 3 rings (SSSR count). The van der Waals surface area contributed by atoms with Gasteiger partial charge in [0.1, 0.15) is 17.8 Å². The maximum absolute atomic E-state index is 12.7. The van der Waals surface area contributed by atoms with Crippen LogP contribution in [-0.4, -0.2) is 21.9 Å². The second-order valence-corrected chi connectivity index (χ2v) is 8.02. The lowest BCUT2D eigenvalue weighted by Crippen LogP contribution is -2.23. The summed E-state index contributed by atoms with van der Waals surface area (Å²) < 4.78 is 0. The van der Waals surface area contributed by atoms with Crippen LogP contribution in [0.4, 0.5) is 11.5 Å². The summed E-state index contributed by atoms with van der Waals surface area (Å²) in [6.45, 7) is 6.40. The SMILES string of the molecule is CC(C)(C)c1ccccc1NC(=O)c1cc(NC2CCCCC2)ncn1. The van der Waals surface area contributed by atoms with Gasteiger partial charge >= 0.3 is 0 Å². The van der Waals surface area contributed by atoms with Crippen molar-refractivity contribution < 1.29 is 4.79 Å². The van der Waals surface area contributed by atoms with Crippen LogP contribution in [0.15, 0.2) is 36.7 Å². The second-order valence-electron chi connectivity index (χ2n) is 8.02. The molecule has 0 saturated heterocycles. The smallest absolute Gasteiger partial charge is 0.274 e. The molecule has 2 aromatic rings. The van der Waals surface area contributed by atoms with Crippen molar-refractivity contribution in [3.8, 4) is 0 Å². The van der Waals surface area contributed by atoms with Crippen LogP contribution in [0.2, 0.25) is 0 Å². The summed E-state index contributed by atoms with van der Waals surface area (Å²) in [5.41, 5.74) is 2.25. The van der Waals surface area contributed by atoms with Crippen LogP contribution in [0.5, 0.6) is 0 Å². The summed E-state index contributed by atoms with van der Waals surface area (Å²) in [7, 11) is 0. The Balaban J connectivity index is 1.73. The van der Waals surface area contributed by atoms with Crippen molar-refractivity contribution in [2.45, 2.75) is 64.3 Å². The van der Waals surface area contributed by atoms with Crippen molar-refractivity contribution in [2.24, 2.45) is 0 Å². The fraction of sp³-hybridized carbons (Fsp3) is 0.476. The first-order valence-electron chi connectivity index (χ1n) is 9.43. The van der Waals surface area contributed by atoms with Gasteiger partial charge in [0, 0.05) is 17.8 Å². The van der Waals surface area contributed by atoms with Gasteiger partial charge in [0.15, 0.2) is 0 Å². The summed E-state index contributed by atoms with van der Waals surface area (Å²) in [6, 6.07) is 10.1. The fourth-order valence-electron chi connectivity index (χ4n) is 3.45. The summed E-state index contributed by atoms with van der Waals surface area (Å²) in [5.74, 6) is 0.511. The number of hydrogen-bond acceptors (Lipinski definition) is 4. The molecule has 1 heterocycles. The van der Waals surface area contributed by atoms with E-state index in [2.05, 4.69) is 41.4 Å². The van der Waals surface area contributed by atoms with E-state index in [1.165, 1.54) is 25.6 Å². The van der Waals surface area contributed by atoms with Crippen molar-refractivity contribution in [3.63, 3.8) is 0 Å². The van der Waals surface area contributed by atoms with Gasteiger partial charge < -0.3 is 10.6 Å². The monoisotopic (exact) mass is 352 g/mol. The lowest BCUT2D eigenvalue weighted by molar-refractivity contribution is 0.102. The lowest BCUT2D eigenvalue weighted by atomic mass is 9.86. The number of benzene rings is 1. The highest BCUT2D eigenvalue weighted by Gasteiger charge is 2.20. The fourth-order valence-corrected chi connectivity index (χ4v) is 3.45. The van der Waals surface area contributed by atoms with Crippen LogP contribution in [0.3, 0.4) is 0 Å². The number of para-hydroxylation sites is 1. The third kappa shape index (κ3) is 4.59. The first-order valence-corrected chi connectivity index (χ1v) is 9.43. The zero-order valence-corrected chi connectivity index (χ0v) is 15.9. The van der Waals surface area contributed by atoms with Gasteiger partial charge in [0.25, 0.3) is 5.91 Å². The summed E-state index contributed by atoms with van der Waals surface area (Å²) >= 11 is 0. The molecule has 0 spiro atoms. The van der Waals surface area contributed by atoms with Gasteiger partial charge in [-0.05, 0) is 29.9 Å². The molecule has 5 heteroatoms. The Morgan fingerprint density at radius 3 is 2.54 bits per heavy atom. The average molecular weight is 352 g/mol. The Labute approximate surface area is 155 Å². The maximum atomic E-state index is 12.7. The molecule has 1 saturated carbocycles. The normalized spacial score (nSPS) is 15.5. The molecule has 1 amide bonds. The van der Waals surface area contributed by atoms with Gasteiger partial charge in [-0.15, -0.1) is 0 Å². The van der Waals surface area contributed by atoms with Crippen LogP contribution in [0.25, 0.3) is 0 Å². The van der Waals surface area contributed by atoms with E-state index in [4.69, 9.17) is 0 Å². The van der Waals surface area contributed by atoms with Gasteiger partial charge in [-0.2, -0.15) is 0 Å². The molecule has 1 aliphatic rings. The molecule has 0 unspecified atom stereocenters. The van der Waals surface area contributed by atoms with E-state index in [9.17, 15) is 4.79 Å². The molecule has 2 N–H and O–H groups in total. The lowest BCUT2D eigenvalue weighted by Gasteiger charge is -2.23. The van der Waals surface area contributed by atoms with Crippen LogP contribution in [0.1, 0.15) is 68.9 Å². The Hall–Kier alpha value is -2.43. The number of carbonyl (C=O) groups is 1. The number of aromatic nitrogens is 2. The van der Waals surface area contributed by atoms with Gasteiger partial charge in [-0.1, -0.05) is 58.2 Å². The highest BCUT2D eigenvalue weighted by Crippen LogP contribution is 2.29. The molecule has 0 atom stereocenters. The zero-order valence-electron chi connectivity index (χ0n) is 15.9. The highest BCUT2D eigenvalue weighted by atomic mass is 16.1. The molecule has 26 heavy (non-hydrogen) atoms. The maximum Gasteiger partial charge on any atom is 0.274 e. The number of anilines is 2. The third-order valence-electron chi connectivity index (χ3n) is 4.84. The molecular weight excluding hydrogens is 324 g/mol. The Morgan fingerprint density at radius 2 is 1.81 bits per heavy atom. The minimum absolute atomic E-state index is 0.0523. The van der Waals surface area contributed by atoms with E-state index in [0.29, 0.717) is 11.7 Å². The van der Waals surface area contributed by atoms with E-state index in [0.717, 1.165) is 29.9 Å². The molecule has 1 aromatic carbocycles. The Morgan fingerprint density at radius 1 is 1.08 bits per heavy atom. The topological polar surface area (TPSA) is 66.9 Å². The van der Waals surface area contributed by atoms with Crippen LogP contribution < -0.4 is 10.6 Å². The number of carbonyl (C=O) groups excluding carboxylic acids is 1. The second kappa shape index (κ2) is 7.85. The third-order valence-corrected chi connectivity index (χ3v) is 4.84. The van der Waals surface area contributed by atoms with Crippen molar-refractivity contribution in [3.05, 3.63) is 47.9 Å². The molecule has 138 valence electrons. The molecule has 0 bridgehead atoms. The minimum atomic E-state index is -0.212. The number of hydrogen-bond donors (Lipinski definition) is 2. The van der Waals surface area contributed by atoms with E-state index in [-0.39, 0.29) is 11.3 Å². The van der Waals surface area contributed by atoms with Gasteiger partial charge in [0.05, 0.1) is 0 Å². The summed E-state index contributed by atoms with van der Waals surface area (Å²) in [6.07, 6.45) is 7.58. The van der Waals surface area contributed by atoms with E-state index in [1.54, 1.807) is 6.07 Å². The number of rotatable bonds is 4. The molecular formula is C21H28N4O. The Kier molecular flexibility index (Phi) is 5.55. The average Bonchev–Trinajstić information content (AvgIpc) is 2.62. The van der Waals surface area contributed by atoms with E-state index < -0.39 is 0 Å². The van der Waals surface area contributed by atoms with Gasteiger partial charge in [-0.3, -0.25) is 4.79 Å². The predicted molar refractivity (Wildman–Crippen MR) is 106 cm³/mol. The predicted octanol–water partition coefficient (Wildman–Crippen LogP) is 4.77. The summed E-state index contributed by atoms with van der Waals surface area (Å²) in [4.78, 5) is 21.1. The van der Waals surface area contributed by atoms with Crippen LogP contribution >= 0.6 is 0 Å². The van der Waals surface area contributed by atoms with E-state index in [1.807, 2.05) is 24.3 Å². The Bertz CT molecular complexity index is 761. The summed E-state index contributed by atoms with van der Waals surface area (Å²) in [5, 5.41) is 6.45. The van der Waals surface area contributed by atoms with Crippen molar-refractivity contribution >= 4 is 17.4 Å². The molecule has 5 nitrogen and oxygen atoms in total. The van der Waals surface area contributed by atoms with Gasteiger partial charge in [-0.25, -0.2) is 9.97 Å². The first-order chi connectivity index (χ1) is 12.4. The highest BCUT2D eigenvalue weighted by molar-refractivity contribution is 6.03. The molecule has 1 aliphatic carbocycles. The molecule has 0 radical (unpaired) electrons. The first kappa shape index (κ1) is 18.4. The van der Waals surface area contributed by atoms with Crippen LogP contribution in [0, 0.1) is 0 Å². The molecule has 1 fully saturated rings. The number of nitrogens with zero attached hydrogens (tertiary/aromatic N) is 2. The van der Waals surface area contributed by atoms with Crippen molar-refractivity contribution in [1.82, 2.24) is 9.97 Å². The van der Waals surface area contributed by atoms with Crippen molar-refractivity contribution in [1.29, 1.82) is 0 Å². The van der Waals surface area contributed by atoms with E-state index >= 15 is 0 Å². The minimum Gasteiger partial charge on any atom is -0.367 e. The number of nitrogens with one attached hydrogen (secondary N) is 2.